The minimum Gasteiger partial charge on any atom is -0.375 e. The third-order valence-electron chi connectivity index (χ3n) is 2.49. The number of aliphatic hydroxyl groups excluding tert-OH is 1. The summed E-state index contributed by atoms with van der Waals surface area (Å²) in [5, 5.41) is 11.6. The first-order valence-electron chi connectivity index (χ1n) is 5.50. The molecule has 2 heteroatoms. The molecule has 0 aromatic carbocycles. The van der Waals surface area contributed by atoms with E-state index in [0.29, 0.717) is 0 Å². The van der Waals surface area contributed by atoms with Gasteiger partial charge in [0.1, 0.15) is 6.10 Å². The van der Waals surface area contributed by atoms with Crippen LogP contribution in [0.3, 0.4) is 0 Å². The van der Waals surface area contributed by atoms with Crippen molar-refractivity contribution in [2.24, 2.45) is 0 Å². The van der Waals surface area contributed by atoms with Gasteiger partial charge in [-0.05, 0) is 29.9 Å². The van der Waals surface area contributed by atoms with Gasteiger partial charge in [-0.3, -0.25) is 0 Å². The fraction of sp³-hybridized carbons (Fsp3) is 0.538. The number of unbranched alkanes of at least 4 members (excludes halogenated alkanes) is 3. The minimum atomic E-state index is -0.717. The highest BCUT2D eigenvalue weighted by atomic mass is 32.1. The van der Waals surface area contributed by atoms with Gasteiger partial charge in [-0.1, -0.05) is 32.1 Å². The Labute approximate surface area is 96.1 Å². The van der Waals surface area contributed by atoms with E-state index in [1.165, 1.54) is 31.2 Å². The van der Waals surface area contributed by atoms with Crippen molar-refractivity contribution in [2.45, 2.75) is 45.1 Å². The molecule has 1 atom stereocenters. The van der Waals surface area contributed by atoms with Gasteiger partial charge in [0.2, 0.25) is 0 Å². The molecular weight excluding hydrogens is 204 g/mol. The third kappa shape index (κ3) is 3.70. The lowest BCUT2D eigenvalue weighted by atomic mass is 10.1. The fourth-order valence-electron chi connectivity index (χ4n) is 1.61. The summed E-state index contributed by atoms with van der Waals surface area (Å²) in [6.45, 7) is 2.21. The Morgan fingerprint density at radius 3 is 2.93 bits per heavy atom. The number of thiophene rings is 1. The summed E-state index contributed by atoms with van der Waals surface area (Å²) in [6.07, 6.45) is 10.5. The van der Waals surface area contributed by atoms with Gasteiger partial charge in [0, 0.05) is 4.88 Å². The molecule has 0 saturated carbocycles. The predicted octanol–water partition coefficient (Wildman–Crippen LogP) is 3.54. The highest BCUT2D eigenvalue weighted by molar-refractivity contribution is 7.10. The Morgan fingerprint density at radius 1 is 1.47 bits per heavy atom. The summed E-state index contributed by atoms with van der Waals surface area (Å²) in [6, 6.07) is 2.08. The second-order valence-electron chi connectivity index (χ2n) is 3.69. The van der Waals surface area contributed by atoms with Crippen molar-refractivity contribution >= 4 is 11.3 Å². The molecule has 0 amide bonds. The Hall–Kier alpha value is -0.780. The van der Waals surface area contributed by atoms with Gasteiger partial charge in [0.15, 0.2) is 0 Å². The molecule has 1 unspecified atom stereocenters. The Balaban J connectivity index is 2.47. The number of aryl methyl sites for hydroxylation is 1. The first-order chi connectivity index (χ1) is 7.29. The van der Waals surface area contributed by atoms with Crippen molar-refractivity contribution in [1.29, 1.82) is 0 Å². The number of hydrogen-bond acceptors (Lipinski definition) is 2. The Bertz CT molecular complexity index is 322. The third-order valence-corrected chi connectivity index (χ3v) is 3.50. The average Bonchev–Trinajstić information content (AvgIpc) is 2.71. The average molecular weight is 222 g/mol. The highest BCUT2D eigenvalue weighted by Crippen LogP contribution is 2.25. The molecule has 1 nitrogen and oxygen atoms in total. The fourth-order valence-corrected chi connectivity index (χ4v) is 2.51. The molecule has 0 aliphatic heterocycles. The molecule has 0 spiro atoms. The predicted molar refractivity (Wildman–Crippen MR) is 66.0 cm³/mol. The molecule has 1 rings (SSSR count). The number of rotatable bonds is 6. The molecule has 15 heavy (non-hydrogen) atoms. The molecule has 0 radical (unpaired) electrons. The van der Waals surface area contributed by atoms with Gasteiger partial charge in [-0.2, -0.15) is 0 Å². The summed E-state index contributed by atoms with van der Waals surface area (Å²) in [5.74, 6) is 2.38. The first kappa shape index (κ1) is 12.3. The molecule has 82 valence electrons. The van der Waals surface area contributed by atoms with E-state index in [1.807, 2.05) is 5.38 Å². The van der Waals surface area contributed by atoms with Gasteiger partial charge >= 0.3 is 0 Å². The van der Waals surface area contributed by atoms with Crippen LogP contribution in [0.25, 0.3) is 0 Å². The number of terminal acetylenes is 1. The van der Waals surface area contributed by atoms with Gasteiger partial charge in [-0.25, -0.2) is 0 Å². The van der Waals surface area contributed by atoms with Crippen LogP contribution in [-0.4, -0.2) is 5.11 Å². The lowest BCUT2D eigenvalue weighted by Gasteiger charge is -2.05. The van der Waals surface area contributed by atoms with Crippen molar-refractivity contribution in [3.63, 3.8) is 0 Å². The van der Waals surface area contributed by atoms with E-state index in [2.05, 4.69) is 18.9 Å². The molecule has 0 aliphatic carbocycles. The maximum Gasteiger partial charge on any atom is 0.149 e. The second kappa shape index (κ2) is 6.66. The Morgan fingerprint density at radius 2 is 2.27 bits per heavy atom. The molecule has 1 aromatic rings. The standard InChI is InChI=1S/C13H18OS/c1-3-5-6-7-8-11-9-10-15-13(11)12(14)4-2/h2,9-10,12,14H,3,5-8H2,1H3. The molecule has 0 saturated heterocycles. The van der Waals surface area contributed by atoms with E-state index in [1.54, 1.807) is 11.3 Å². The van der Waals surface area contributed by atoms with Crippen LogP contribution in [-0.2, 0) is 6.42 Å². The van der Waals surface area contributed by atoms with E-state index in [4.69, 9.17) is 6.42 Å². The minimum absolute atomic E-state index is 0.717. The lowest BCUT2D eigenvalue weighted by Crippen LogP contribution is -1.95. The first-order valence-corrected chi connectivity index (χ1v) is 6.38. The zero-order valence-corrected chi connectivity index (χ0v) is 10.0. The summed E-state index contributed by atoms with van der Waals surface area (Å²) >= 11 is 1.55. The number of hydrogen-bond donors (Lipinski definition) is 1. The van der Waals surface area contributed by atoms with E-state index < -0.39 is 6.10 Å². The largest absolute Gasteiger partial charge is 0.375 e. The van der Waals surface area contributed by atoms with E-state index in [-0.39, 0.29) is 0 Å². The SMILES string of the molecule is C#CC(O)c1sccc1CCCCCC. The zero-order valence-electron chi connectivity index (χ0n) is 9.20. The maximum absolute atomic E-state index is 9.58. The molecule has 0 bridgehead atoms. The summed E-state index contributed by atoms with van der Waals surface area (Å²) in [5.41, 5.74) is 1.22. The van der Waals surface area contributed by atoms with Crippen LogP contribution < -0.4 is 0 Å². The van der Waals surface area contributed by atoms with Crippen molar-refractivity contribution in [3.8, 4) is 12.3 Å². The smallest absolute Gasteiger partial charge is 0.149 e. The summed E-state index contributed by atoms with van der Waals surface area (Å²) in [4.78, 5) is 0.953. The van der Waals surface area contributed by atoms with Crippen LogP contribution in [0.2, 0.25) is 0 Å². The van der Waals surface area contributed by atoms with Crippen molar-refractivity contribution in [1.82, 2.24) is 0 Å². The molecule has 1 N–H and O–H groups in total. The maximum atomic E-state index is 9.58. The molecule has 1 heterocycles. The lowest BCUT2D eigenvalue weighted by molar-refractivity contribution is 0.241. The van der Waals surface area contributed by atoms with Crippen LogP contribution >= 0.6 is 11.3 Å². The topological polar surface area (TPSA) is 20.2 Å². The molecule has 0 fully saturated rings. The summed E-state index contributed by atoms with van der Waals surface area (Å²) < 4.78 is 0. The van der Waals surface area contributed by atoms with Crippen molar-refractivity contribution < 1.29 is 5.11 Å². The van der Waals surface area contributed by atoms with Crippen LogP contribution in [0, 0.1) is 12.3 Å². The van der Waals surface area contributed by atoms with Crippen LogP contribution in [0.5, 0.6) is 0 Å². The Kier molecular flexibility index (Phi) is 5.45. The van der Waals surface area contributed by atoms with Crippen LogP contribution in [0.1, 0.15) is 49.2 Å². The normalized spacial score (nSPS) is 12.3. The highest BCUT2D eigenvalue weighted by Gasteiger charge is 2.10. The van der Waals surface area contributed by atoms with Gasteiger partial charge in [0.25, 0.3) is 0 Å². The quantitative estimate of drug-likeness (QED) is 0.576. The molecular formula is C13H18OS. The monoisotopic (exact) mass is 222 g/mol. The van der Waals surface area contributed by atoms with Gasteiger partial charge in [0.05, 0.1) is 0 Å². The van der Waals surface area contributed by atoms with E-state index in [0.717, 1.165) is 11.3 Å². The van der Waals surface area contributed by atoms with Gasteiger partial charge in [-0.15, -0.1) is 17.8 Å². The molecule has 1 aromatic heterocycles. The molecule has 0 aliphatic rings. The van der Waals surface area contributed by atoms with Crippen LogP contribution in [0.4, 0.5) is 0 Å². The van der Waals surface area contributed by atoms with E-state index >= 15 is 0 Å². The zero-order chi connectivity index (χ0) is 11.1. The van der Waals surface area contributed by atoms with Crippen LogP contribution in [0.15, 0.2) is 11.4 Å². The number of aliphatic hydroxyl groups is 1. The van der Waals surface area contributed by atoms with E-state index in [9.17, 15) is 5.11 Å². The van der Waals surface area contributed by atoms with Gasteiger partial charge < -0.3 is 5.11 Å². The van der Waals surface area contributed by atoms with Crippen molar-refractivity contribution in [3.05, 3.63) is 21.9 Å². The van der Waals surface area contributed by atoms with Crippen molar-refractivity contribution in [2.75, 3.05) is 0 Å². The second-order valence-corrected chi connectivity index (χ2v) is 4.64. The summed E-state index contributed by atoms with van der Waals surface area (Å²) in [7, 11) is 0.